The number of fused-ring (bicyclic) bond motifs is 2. The van der Waals surface area contributed by atoms with E-state index in [1.807, 2.05) is 6.20 Å². The molecule has 1 aliphatic heterocycles. The zero-order valence-corrected chi connectivity index (χ0v) is 21.1. The normalized spacial score (nSPS) is 15.1. The minimum absolute atomic E-state index is 0.140. The summed E-state index contributed by atoms with van der Waals surface area (Å²) in [7, 11) is 0. The second-order valence-corrected chi connectivity index (χ2v) is 10.6. The molecule has 0 unspecified atom stereocenters. The molecule has 7 heteroatoms. The van der Waals surface area contributed by atoms with Crippen molar-refractivity contribution in [2.45, 2.75) is 32.7 Å². The Morgan fingerprint density at radius 1 is 0.889 bits per heavy atom. The van der Waals surface area contributed by atoms with Crippen molar-refractivity contribution in [2.75, 3.05) is 31.1 Å². The highest BCUT2D eigenvalue weighted by Gasteiger charge is 2.21. The number of nitrogens with zero attached hydrogens (tertiary/aromatic N) is 6. The van der Waals surface area contributed by atoms with E-state index in [9.17, 15) is 0 Å². The summed E-state index contributed by atoms with van der Waals surface area (Å²) in [4.78, 5) is 26.6. The highest BCUT2D eigenvalue weighted by atomic mass is 15.3. The zero-order valence-electron chi connectivity index (χ0n) is 21.1. The number of imidazole rings is 1. The van der Waals surface area contributed by atoms with Crippen molar-refractivity contribution in [3.63, 3.8) is 0 Å². The molecule has 1 fully saturated rings. The summed E-state index contributed by atoms with van der Waals surface area (Å²) in [5.41, 5.74) is 8.62. The Morgan fingerprint density at radius 2 is 1.67 bits per heavy atom. The van der Waals surface area contributed by atoms with Crippen LogP contribution in [-0.4, -0.2) is 56.0 Å². The summed E-state index contributed by atoms with van der Waals surface area (Å²) in [5.74, 6) is 0.920. The molecule has 4 heterocycles. The first kappa shape index (κ1) is 22.6. The third-order valence-electron chi connectivity index (χ3n) is 7.02. The topological polar surface area (TPSA) is 73.8 Å². The van der Waals surface area contributed by atoms with Crippen molar-refractivity contribution in [1.29, 1.82) is 0 Å². The standard InChI is InChI=1S/C29H31N7/c1-29(2,3)22-9-7-21(8-10-22)27-33-23-5-4-6-25(26(23)34-27)36-15-13-35(14-16-36)19-20-17-24-28(32-18-20)31-12-11-30-24/h4-12,17-18H,13-16,19H2,1-3H3,(H,33,34). The van der Waals surface area contributed by atoms with Gasteiger partial charge in [-0.1, -0.05) is 51.1 Å². The van der Waals surface area contributed by atoms with Crippen LogP contribution in [0.15, 0.2) is 67.1 Å². The molecule has 1 saturated heterocycles. The molecule has 0 atom stereocenters. The Labute approximate surface area is 211 Å². The molecule has 7 nitrogen and oxygen atoms in total. The number of rotatable bonds is 4. The monoisotopic (exact) mass is 477 g/mol. The third kappa shape index (κ3) is 4.42. The molecule has 36 heavy (non-hydrogen) atoms. The first-order valence-corrected chi connectivity index (χ1v) is 12.6. The van der Waals surface area contributed by atoms with Crippen LogP contribution in [0.5, 0.6) is 0 Å². The van der Waals surface area contributed by atoms with Gasteiger partial charge in [0.1, 0.15) is 16.9 Å². The highest BCUT2D eigenvalue weighted by Crippen LogP contribution is 2.30. The molecule has 6 rings (SSSR count). The largest absolute Gasteiger partial charge is 0.367 e. The number of para-hydroxylation sites is 1. The van der Waals surface area contributed by atoms with Gasteiger partial charge >= 0.3 is 0 Å². The number of pyridine rings is 1. The second-order valence-electron chi connectivity index (χ2n) is 10.6. The van der Waals surface area contributed by atoms with Crippen LogP contribution < -0.4 is 4.90 Å². The van der Waals surface area contributed by atoms with Gasteiger partial charge in [0, 0.05) is 56.9 Å². The lowest BCUT2D eigenvalue weighted by Gasteiger charge is -2.36. The fraction of sp³-hybridized carbons (Fsp3) is 0.310. The number of hydrogen-bond acceptors (Lipinski definition) is 6. The first-order valence-electron chi connectivity index (χ1n) is 12.6. The maximum absolute atomic E-state index is 5.03. The molecule has 3 aromatic heterocycles. The minimum atomic E-state index is 0.140. The van der Waals surface area contributed by atoms with E-state index < -0.39 is 0 Å². The predicted octanol–water partition coefficient (Wildman–Crippen LogP) is 5.19. The van der Waals surface area contributed by atoms with E-state index in [0.717, 1.165) is 60.7 Å². The molecule has 5 aromatic rings. The Morgan fingerprint density at radius 3 is 2.44 bits per heavy atom. The van der Waals surface area contributed by atoms with Gasteiger partial charge in [-0.15, -0.1) is 0 Å². The molecular weight excluding hydrogens is 446 g/mol. The van der Waals surface area contributed by atoms with Crippen LogP contribution in [-0.2, 0) is 12.0 Å². The maximum Gasteiger partial charge on any atom is 0.178 e. The Bertz CT molecular complexity index is 1510. The molecule has 0 bridgehead atoms. The van der Waals surface area contributed by atoms with Gasteiger partial charge in [0.25, 0.3) is 0 Å². The van der Waals surface area contributed by atoms with Gasteiger partial charge in [-0.25, -0.2) is 15.0 Å². The van der Waals surface area contributed by atoms with Gasteiger partial charge in [-0.2, -0.15) is 0 Å². The van der Waals surface area contributed by atoms with E-state index in [4.69, 9.17) is 4.98 Å². The van der Waals surface area contributed by atoms with Gasteiger partial charge in [0.05, 0.1) is 11.2 Å². The van der Waals surface area contributed by atoms with Crippen LogP contribution in [0.1, 0.15) is 31.9 Å². The van der Waals surface area contributed by atoms with Crippen molar-refractivity contribution in [2.24, 2.45) is 0 Å². The van der Waals surface area contributed by atoms with E-state index in [1.54, 1.807) is 12.4 Å². The van der Waals surface area contributed by atoms with Crippen LogP contribution in [0.3, 0.4) is 0 Å². The summed E-state index contributed by atoms with van der Waals surface area (Å²) in [5, 5.41) is 0. The summed E-state index contributed by atoms with van der Waals surface area (Å²) < 4.78 is 0. The Balaban J connectivity index is 1.17. The van der Waals surface area contributed by atoms with Crippen LogP contribution in [0.25, 0.3) is 33.6 Å². The molecule has 0 radical (unpaired) electrons. The van der Waals surface area contributed by atoms with Crippen molar-refractivity contribution < 1.29 is 0 Å². The lowest BCUT2D eigenvalue weighted by atomic mass is 9.87. The van der Waals surface area contributed by atoms with E-state index in [0.29, 0.717) is 5.65 Å². The maximum atomic E-state index is 5.03. The van der Waals surface area contributed by atoms with Crippen molar-refractivity contribution >= 4 is 27.9 Å². The van der Waals surface area contributed by atoms with Crippen molar-refractivity contribution in [1.82, 2.24) is 29.8 Å². The summed E-state index contributed by atoms with van der Waals surface area (Å²) >= 11 is 0. The number of piperazine rings is 1. The van der Waals surface area contributed by atoms with Gasteiger partial charge in [0.2, 0.25) is 0 Å². The smallest absolute Gasteiger partial charge is 0.178 e. The Hall–Kier alpha value is -3.84. The number of benzene rings is 2. The Kier molecular flexibility index (Phi) is 5.64. The SMILES string of the molecule is CC(C)(C)c1ccc(-c2nc3c(N4CCN(Cc5cnc6nccnc6c5)CC4)cccc3[nH]2)cc1. The number of aromatic nitrogens is 5. The average molecular weight is 478 g/mol. The quantitative estimate of drug-likeness (QED) is 0.384. The molecule has 182 valence electrons. The number of aromatic amines is 1. The third-order valence-corrected chi connectivity index (χ3v) is 7.02. The van der Waals surface area contributed by atoms with Crippen LogP contribution >= 0.6 is 0 Å². The van der Waals surface area contributed by atoms with Gasteiger partial charge in [-0.3, -0.25) is 9.88 Å². The average Bonchev–Trinajstić information content (AvgIpc) is 3.33. The predicted molar refractivity (Wildman–Crippen MR) is 145 cm³/mol. The summed E-state index contributed by atoms with van der Waals surface area (Å²) in [6.45, 7) is 11.5. The van der Waals surface area contributed by atoms with E-state index in [-0.39, 0.29) is 5.41 Å². The molecule has 0 aliphatic carbocycles. The molecule has 0 saturated carbocycles. The zero-order chi connectivity index (χ0) is 24.7. The summed E-state index contributed by atoms with van der Waals surface area (Å²) in [6.07, 6.45) is 5.32. The van der Waals surface area contributed by atoms with Gasteiger partial charge < -0.3 is 9.88 Å². The second kappa shape index (κ2) is 8.99. The fourth-order valence-corrected chi connectivity index (χ4v) is 4.93. The minimum Gasteiger partial charge on any atom is -0.367 e. The number of H-pyrrole nitrogens is 1. The van der Waals surface area contributed by atoms with Crippen LogP contribution in [0, 0.1) is 0 Å². The lowest BCUT2D eigenvalue weighted by molar-refractivity contribution is 0.250. The first-order chi connectivity index (χ1) is 17.4. The van der Waals surface area contributed by atoms with Crippen LogP contribution in [0.2, 0.25) is 0 Å². The summed E-state index contributed by atoms with van der Waals surface area (Å²) in [6, 6.07) is 17.3. The molecule has 1 aliphatic rings. The number of anilines is 1. The van der Waals surface area contributed by atoms with Gasteiger partial charge in [0.15, 0.2) is 5.65 Å². The van der Waals surface area contributed by atoms with Crippen molar-refractivity contribution in [3.05, 3.63) is 78.2 Å². The molecular formula is C29H31N7. The number of nitrogens with one attached hydrogen (secondary N) is 1. The van der Waals surface area contributed by atoms with E-state index >= 15 is 0 Å². The number of hydrogen-bond donors (Lipinski definition) is 1. The van der Waals surface area contributed by atoms with Crippen molar-refractivity contribution in [3.8, 4) is 11.4 Å². The molecule has 1 N–H and O–H groups in total. The fourth-order valence-electron chi connectivity index (χ4n) is 4.93. The van der Waals surface area contributed by atoms with Crippen LogP contribution in [0.4, 0.5) is 5.69 Å². The highest BCUT2D eigenvalue weighted by molar-refractivity contribution is 5.91. The lowest BCUT2D eigenvalue weighted by Crippen LogP contribution is -2.46. The van der Waals surface area contributed by atoms with Gasteiger partial charge in [-0.05, 0) is 34.7 Å². The van der Waals surface area contributed by atoms with E-state index in [2.05, 4.69) is 99.0 Å². The molecule has 0 amide bonds. The molecule has 0 spiro atoms. The van der Waals surface area contributed by atoms with E-state index in [1.165, 1.54) is 16.8 Å². The molecule has 2 aromatic carbocycles.